The molecular formula is C11H7BrF2N2O2. The number of anilines is 2. The first-order valence-corrected chi connectivity index (χ1v) is 5.57. The molecule has 0 saturated carbocycles. The SMILES string of the molecule is Nc1cc(F)cc(F)c1NC(=O)c1ccoc1Br. The molecular weight excluding hydrogens is 310 g/mol. The van der Waals surface area contributed by atoms with E-state index in [-0.39, 0.29) is 21.6 Å². The molecule has 7 heteroatoms. The molecule has 0 spiro atoms. The average molecular weight is 317 g/mol. The minimum Gasteiger partial charge on any atom is -0.457 e. The molecule has 4 nitrogen and oxygen atoms in total. The van der Waals surface area contributed by atoms with Crippen LogP contribution in [0.3, 0.4) is 0 Å². The third-order valence-electron chi connectivity index (χ3n) is 2.19. The van der Waals surface area contributed by atoms with Crippen LogP contribution in [0.4, 0.5) is 20.2 Å². The van der Waals surface area contributed by atoms with Crippen LogP contribution in [0.15, 0.2) is 33.5 Å². The maximum Gasteiger partial charge on any atom is 0.260 e. The number of carbonyl (C=O) groups is 1. The zero-order chi connectivity index (χ0) is 13.3. The van der Waals surface area contributed by atoms with Crippen molar-refractivity contribution in [3.63, 3.8) is 0 Å². The molecule has 0 aliphatic rings. The number of furan rings is 1. The molecule has 18 heavy (non-hydrogen) atoms. The summed E-state index contributed by atoms with van der Waals surface area (Å²) >= 11 is 3.02. The van der Waals surface area contributed by atoms with Gasteiger partial charge in [-0.05, 0) is 28.1 Å². The van der Waals surface area contributed by atoms with Gasteiger partial charge in [0.15, 0.2) is 10.5 Å². The molecule has 1 aromatic carbocycles. The van der Waals surface area contributed by atoms with E-state index in [1.165, 1.54) is 12.3 Å². The zero-order valence-electron chi connectivity index (χ0n) is 8.84. The molecule has 0 fully saturated rings. The first-order valence-electron chi connectivity index (χ1n) is 4.78. The summed E-state index contributed by atoms with van der Waals surface area (Å²) in [5.74, 6) is -2.37. The van der Waals surface area contributed by atoms with Gasteiger partial charge in [-0.25, -0.2) is 8.78 Å². The van der Waals surface area contributed by atoms with Crippen LogP contribution in [0.5, 0.6) is 0 Å². The Morgan fingerprint density at radius 2 is 2.11 bits per heavy atom. The van der Waals surface area contributed by atoms with Gasteiger partial charge < -0.3 is 15.5 Å². The standard InChI is InChI=1S/C11H7BrF2N2O2/c12-10-6(1-2-18-10)11(17)16-9-7(14)3-5(13)4-8(9)15/h1-4H,15H2,(H,16,17). The van der Waals surface area contributed by atoms with Crippen LogP contribution in [0, 0.1) is 11.6 Å². The van der Waals surface area contributed by atoms with Crippen molar-refractivity contribution in [2.75, 3.05) is 11.1 Å². The highest BCUT2D eigenvalue weighted by Crippen LogP contribution is 2.26. The first kappa shape index (κ1) is 12.6. The molecule has 1 amide bonds. The number of rotatable bonds is 2. The number of hydrogen-bond donors (Lipinski definition) is 2. The lowest BCUT2D eigenvalue weighted by Crippen LogP contribution is -2.14. The van der Waals surface area contributed by atoms with Crippen LogP contribution in [0.1, 0.15) is 10.4 Å². The molecule has 94 valence electrons. The number of benzene rings is 1. The number of nitrogen functional groups attached to an aromatic ring is 1. The first-order chi connectivity index (χ1) is 8.49. The summed E-state index contributed by atoms with van der Waals surface area (Å²) in [4.78, 5) is 11.8. The number of amides is 1. The second-order valence-corrected chi connectivity index (χ2v) is 4.13. The minimum atomic E-state index is -0.944. The van der Waals surface area contributed by atoms with Crippen LogP contribution < -0.4 is 11.1 Å². The third kappa shape index (κ3) is 2.35. The van der Waals surface area contributed by atoms with E-state index < -0.39 is 17.5 Å². The Balaban J connectivity index is 2.31. The lowest BCUT2D eigenvalue weighted by Gasteiger charge is -2.08. The number of nitrogens with two attached hydrogens (primary N) is 1. The highest BCUT2D eigenvalue weighted by atomic mass is 79.9. The Morgan fingerprint density at radius 3 is 2.67 bits per heavy atom. The largest absolute Gasteiger partial charge is 0.457 e. The highest BCUT2D eigenvalue weighted by molar-refractivity contribution is 9.10. The molecule has 3 N–H and O–H groups in total. The number of nitrogens with one attached hydrogen (secondary N) is 1. The van der Waals surface area contributed by atoms with Gasteiger partial charge in [-0.3, -0.25) is 4.79 Å². The van der Waals surface area contributed by atoms with E-state index in [4.69, 9.17) is 10.2 Å². The van der Waals surface area contributed by atoms with Crippen molar-refractivity contribution in [3.05, 3.63) is 46.3 Å². The highest BCUT2D eigenvalue weighted by Gasteiger charge is 2.17. The predicted molar refractivity (Wildman–Crippen MR) is 65.1 cm³/mol. The van der Waals surface area contributed by atoms with Gasteiger partial charge >= 0.3 is 0 Å². The van der Waals surface area contributed by atoms with Gasteiger partial charge in [0.2, 0.25) is 0 Å². The van der Waals surface area contributed by atoms with Crippen LogP contribution >= 0.6 is 15.9 Å². The van der Waals surface area contributed by atoms with E-state index in [1.54, 1.807) is 0 Å². The predicted octanol–water partition coefficient (Wildman–Crippen LogP) is 3.15. The second kappa shape index (κ2) is 4.77. The summed E-state index contributed by atoms with van der Waals surface area (Å²) in [7, 11) is 0. The van der Waals surface area contributed by atoms with Crippen molar-refractivity contribution < 1.29 is 18.0 Å². The normalized spacial score (nSPS) is 10.4. The number of carbonyl (C=O) groups excluding carboxylic acids is 1. The van der Waals surface area contributed by atoms with Gasteiger partial charge in [0.1, 0.15) is 11.5 Å². The Bertz CT molecular complexity index is 590. The molecule has 1 aromatic heterocycles. The van der Waals surface area contributed by atoms with E-state index in [0.29, 0.717) is 6.07 Å². The van der Waals surface area contributed by atoms with Gasteiger partial charge in [-0.15, -0.1) is 0 Å². The number of hydrogen-bond acceptors (Lipinski definition) is 3. The Labute approximate surface area is 109 Å². The van der Waals surface area contributed by atoms with Gasteiger partial charge in [0.05, 0.1) is 17.5 Å². The van der Waals surface area contributed by atoms with E-state index >= 15 is 0 Å². The maximum atomic E-state index is 13.4. The van der Waals surface area contributed by atoms with E-state index in [2.05, 4.69) is 21.2 Å². The maximum absolute atomic E-state index is 13.4. The van der Waals surface area contributed by atoms with Gasteiger partial charge in [0, 0.05) is 6.07 Å². The van der Waals surface area contributed by atoms with E-state index in [0.717, 1.165) is 6.07 Å². The fourth-order valence-electron chi connectivity index (χ4n) is 1.36. The summed E-state index contributed by atoms with van der Waals surface area (Å²) in [6, 6.07) is 2.95. The van der Waals surface area contributed by atoms with Gasteiger partial charge in [-0.2, -0.15) is 0 Å². The summed E-state index contributed by atoms with van der Waals surface area (Å²) in [6.07, 6.45) is 1.30. The van der Waals surface area contributed by atoms with Crippen LogP contribution in [0.2, 0.25) is 0 Å². The van der Waals surface area contributed by atoms with Gasteiger partial charge in [0.25, 0.3) is 5.91 Å². The van der Waals surface area contributed by atoms with E-state index in [9.17, 15) is 13.6 Å². The smallest absolute Gasteiger partial charge is 0.260 e. The van der Waals surface area contributed by atoms with Crippen molar-refractivity contribution in [3.8, 4) is 0 Å². The lowest BCUT2D eigenvalue weighted by molar-refractivity contribution is 0.102. The summed E-state index contributed by atoms with van der Waals surface area (Å²) in [6.45, 7) is 0. The van der Waals surface area contributed by atoms with E-state index in [1.807, 2.05) is 0 Å². The molecule has 0 radical (unpaired) electrons. The monoisotopic (exact) mass is 316 g/mol. The average Bonchev–Trinajstić information content (AvgIpc) is 2.69. The molecule has 0 unspecified atom stereocenters. The van der Waals surface area contributed by atoms with Crippen LogP contribution in [-0.4, -0.2) is 5.91 Å². The van der Waals surface area contributed by atoms with Crippen LogP contribution in [-0.2, 0) is 0 Å². The van der Waals surface area contributed by atoms with Crippen molar-refractivity contribution in [1.82, 2.24) is 0 Å². The molecule has 0 aliphatic carbocycles. The van der Waals surface area contributed by atoms with Crippen LogP contribution in [0.25, 0.3) is 0 Å². The van der Waals surface area contributed by atoms with Crippen molar-refractivity contribution in [1.29, 1.82) is 0 Å². The molecule has 2 aromatic rings. The summed E-state index contributed by atoms with van der Waals surface area (Å²) in [5.41, 5.74) is 5.15. The van der Waals surface area contributed by atoms with Crippen molar-refractivity contribution in [2.45, 2.75) is 0 Å². The topological polar surface area (TPSA) is 68.3 Å². The molecule has 0 bridgehead atoms. The molecule has 2 rings (SSSR count). The third-order valence-corrected chi connectivity index (χ3v) is 2.80. The fraction of sp³-hybridized carbons (Fsp3) is 0. The summed E-state index contributed by atoms with van der Waals surface area (Å²) < 4.78 is 31.4. The summed E-state index contributed by atoms with van der Waals surface area (Å²) in [5, 5.41) is 2.25. The fourth-order valence-corrected chi connectivity index (χ4v) is 1.78. The van der Waals surface area contributed by atoms with Crippen molar-refractivity contribution in [2.24, 2.45) is 0 Å². The van der Waals surface area contributed by atoms with Gasteiger partial charge in [-0.1, -0.05) is 0 Å². The molecule has 0 saturated heterocycles. The number of halogens is 3. The Morgan fingerprint density at radius 1 is 1.39 bits per heavy atom. The Kier molecular flexibility index (Phi) is 3.33. The van der Waals surface area contributed by atoms with Crippen molar-refractivity contribution >= 4 is 33.2 Å². The molecule has 1 heterocycles. The molecule has 0 atom stereocenters. The second-order valence-electron chi connectivity index (χ2n) is 3.41. The lowest BCUT2D eigenvalue weighted by atomic mass is 10.2. The quantitative estimate of drug-likeness (QED) is 0.836. The minimum absolute atomic E-state index is 0.179. The zero-order valence-corrected chi connectivity index (χ0v) is 10.4. The Hall–Kier alpha value is -1.89. The molecule has 0 aliphatic heterocycles.